The number of rotatable bonds is 14. The van der Waals surface area contributed by atoms with Gasteiger partial charge in [-0.05, 0) is 31.2 Å². The van der Waals surface area contributed by atoms with Crippen molar-refractivity contribution in [3.8, 4) is 0 Å². The number of unbranched alkanes of at least 4 members (excludes halogenated alkanes) is 8. The van der Waals surface area contributed by atoms with Crippen molar-refractivity contribution in [1.29, 1.82) is 0 Å². The summed E-state index contributed by atoms with van der Waals surface area (Å²) in [4.78, 5) is 11.7. The van der Waals surface area contributed by atoms with E-state index in [0.29, 0.717) is 6.42 Å². The summed E-state index contributed by atoms with van der Waals surface area (Å²) in [6.45, 7) is 3.07. The molecule has 0 aliphatic carbocycles. The maximum Gasteiger partial charge on any atom is 0.219 e. The van der Waals surface area contributed by atoms with E-state index < -0.39 is 0 Å². The quantitative estimate of drug-likeness (QED) is 0.441. The van der Waals surface area contributed by atoms with Gasteiger partial charge in [-0.2, -0.15) is 0 Å². The van der Waals surface area contributed by atoms with E-state index in [1.807, 2.05) is 0 Å². The van der Waals surface area contributed by atoms with Gasteiger partial charge in [0.05, 0.1) is 0 Å². The van der Waals surface area contributed by atoms with Gasteiger partial charge in [0.15, 0.2) is 0 Å². The molecule has 0 atom stereocenters. The van der Waals surface area contributed by atoms with Crippen LogP contribution in [0.5, 0.6) is 0 Å². The van der Waals surface area contributed by atoms with Crippen molar-refractivity contribution in [1.82, 2.24) is 5.32 Å². The lowest BCUT2D eigenvalue weighted by Crippen LogP contribution is -2.24. The standard InChI is InChI=1S/C21H35NO/c1-2-3-4-5-6-7-8-12-18-21(23)22-19-14-13-17-20-15-10-9-11-16-20/h9-11,15-16H,2-8,12-14,17-19H2,1H3,(H,22,23). The highest BCUT2D eigenvalue weighted by Gasteiger charge is 2.00. The Labute approximate surface area is 143 Å². The Hall–Kier alpha value is -1.31. The fourth-order valence-electron chi connectivity index (χ4n) is 2.83. The molecule has 2 heteroatoms. The average molecular weight is 318 g/mol. The summed E-state index contributed by atoms with van der Waals surface area (Å²) >= 11 is 0. The first-order valence-electron chi connectivity index (χ1n) is 9.63. The van der Waals surface area contributed by atoms with E-state index in [1.165, 1.54) is 50.5 Å². The third-order valence-electron chi connectivity index (χ3n) is 4.31. The van der Waals surface area contributed by atoms with Crippen LogP contribution in [0.1, 0.15) is 83.1 Å². The molecule has 1 amide bonds. The van der Waals surface area contributed by atoms with Gasteiger partial charge in [-0.15, -0.1) is 0 Å². The Bertz CT molecular complexity index is 388. The van der Waals surface area contributed by atoms with Crippen LogP contribution in [0.15, 0.2) is 30.3 Å². The predicted octanol–water partition coefficient (Wildman–Crippen LogP) is 5.66. The number of benzene rings is 1. The van der Waals surface area contributed by atoms with E-state index in [4.69, 9.17) is 0 Å². The average Bonchev–Trinajstić information content (AvgIpc) is 2.58. The molecule has 0 saturated heterocycles. The normalized spacial score (nSPS) is 10.7. The third kappa shape index (κ3) is 11.9. The fourth-order valence-corrected chi connectivity index (χ4v) is 2.83. The monoisotopic (exact) mass is 317 g/mol. The Morgan fingerprint density at radius 3 is 2.17 bits per heavy atom. The van der Waals surface area contributed by atoms with E-state index in [-0.39, 0.29) is 5.91 Å². The topological polar surface area (TPSA) is 29.1 Å². The lowest BCUT2D eigenvalue weighted by molar-refractivity contribution is -0.121. The van der Waals surface area contributed by atoms with Crippen molar-refractivity contribution < 1.29 is 4.79 Å². The zero-order chi connectivity index (χ0) is 16.6. The van der Waals surface area contributed by atoms with E-state index in [9.17, 15) is 4.79 Å². The Morgan fingerprint density at radius 2 is 1.48 bits per heavy atom. The Kier molecular flexibility index (Phi) is 12.3. The summed E-state index contributed by atoms with van der Waals surface area (Å²) in [6.07, 6.45) is 14.3. The van der Waals surface area contributed by atoms with Crippen LogP contribution in [0.3, 0.4) is 0 Å². The van der Waals surface area contributed by atoms with Gasteiger partial charge in [0, 0.05) is 13.0 Å². The van der Waals surface area contributed by atoms with Gasteiger partial charge in [0.1, 0.15) is 0 Å². The van der Waals surface area contributed by atoms with Crippen LogP contribution in [0.25, 0.3) is 0 Å². The molecule has 1 aromatic carbocycles. The van der Waals surface area contributed by atoms with Crippen LogP contribution in [0, 0.1) is 0 Å². The van der Waals surface area contributed by atoms with Gasteiger partial charge in [0.2, 0.25) is 5.91 Å². The first-order valence-corrected chi connectivity index (χ1v) is 9.63. The molecule has 0 heterocycles. The van der Waals surface area contributed by atoms with Crippen LogP contribution in [0.2, 0.25) is 0 Å². The van der Waals surface area contributed by atoms with Gasteiger partial charge in [-0.1, -0.05) is 82.2 Å². The maximum atomic E-state index is 11.7. The zero-order valence-corrected chi connectivity index (χ0v) is 15.0. The van der Waals surface area contributed by atoms with Crippen molar-refractivity contribution in [2.24, 2.45) is 0 Å². The molecular weight excluding hydrogens is 282 g/mol. The van der Waals surface area contributed by atoms with Crippen molar-refractivity contribution in [2.75, 3.05) is 6.54 Å². The molecular formula is C21H35NO. The van der Waals surface area contributed by atoms with Crippen LogP contribution >= 0.6 is 0 Å². The third-order valence-corrected chi connectivity index (χ3v) is 4.31. The summed E-state index contributed by atoms with van der Waals surface area (Å²) in [7, 11) is 0. The molecule has 0 fully saturated rings. The molecule has 0 bridgehead atoms. The molecule has 130 valence electrons. The second-order valence-corrected chi connectivity index (χ2v) is 6.52. The molecule has 0 aromatic heterocycles. The lowest BCUT2D eigenvalue weighted by Gasteiger charge is -2.06. The number of nitrogens with one attached hydrogen (secondary N) is 1. The summed E-state index contributed by atoms with van der Waals surface area (Å²) in [5.41, 5.74) is 1.39. The molecule has 1 rings (SSSR count). The van der Waals surface area contributed by atoms with Gasteiger partial charge in [-0.3, -0.25) is 4.79 Å². The molecule has 0 radical (unpaired) electrons. The molecule has 1 N–H and O–H groups in total. The van der Waals surface area contributed by atoms with E-state index in [2.05, 4.69) is 42.6 Å². The second kappa shape index (κ2) is 14.3. The highest BCUT2D eigenvalue weighted by molar-refractivity contribution is 5.75. The van der Waals surface area contributed by atoms with Gasteiger partial charge >= 0.3 is 0 Å². The minimum atomic E-state index is 0.232. The molecule has 0 unspecified atom stereocenters. The van der Waals surface area contributed by atoms with E-state index in [0.717, 1.165) is 32.2 Å². The lowest BCUT2D eigenvalue weighted by atomic mass is 10.1. The van der Waals surface area contributed by atoms with Gasteiger partial charge in [0.25, 0.3) is 0 Å². The molecule has 23 heavy (non-hydrogen) atoms. The summed E-state index contributed by atoms with van der Waals surface area (Å²) < 4.78 is 0. The van der Waals surface area contributed by atoms with Crippen molar-refractivity contribution in [2.45, 2.75) is 84.0 Å². The molecule has 1 aromatic rings. The van der Waals surface area contributed by atoms with Crippen LogP contribution in [-0.4, -0.2) is 12.5 Å². The molecule has 0 aliphatic heterocycles. The second-order valence-electron chi connectivity index (χ2n) is 6.52. The number of hydrogen-bond donors (Lipinski definition) is 1. The minimum absolute atomic E-state index is 0.232. The van der Waals surface area contributed by atoms with E-state index >= 15 is 0 Å². The Balaban J connectivity index is 1.85. The first-order chi connectivity index (χ1) is 11.3. The number of amides is 1. The summed E-state index contributed by atoms with van der Waals surface area (Å²) in [6, 6.07) is 10.6. The SMILES string of the molecule is CCCCCCCCCCC(=O)NCCCCc1ccccc1. The number of hydrogen-bond acceptors (Lipinski definition) is 1. The van der Waals surface area contributed by atoms with Crippen LogP contribution in [0.4, 0.5) is 0 Å². The Morgan fingerprint density at radius 1 is 0.826 bits per heavy atom. The van der Waals surface area contributed by atoms with Gasteiger partial charge in [-0.25, -0.2) is 0 Å². The fraction of sp³-hybridized carbons (Fsp3) is 0.667. The molecule has 0 aliphatic rings. The molecule has 2 nitrogen and oxygen atoms in total. The first kappa shape index (κ1) is 19.7. The van der Waals surface area contributed by atoms with Crippen molar-refractivity contribution in [3.05, 3.63) is 35.9 Å². The molecule has 0 spiro atoms. The summed E-state index contributed by atoms with van der Waals surface area (Å²) in [5.74, 6) is 0.232. The zero-order valence-electron chi connectivity index (χ0n) is 15.0. The maximum absolute atomic E-state index is 11.7. The van der Waals surface area contributed by atoms with Crippen LogP contribution in [-0.2, 0) is 11.2 Å². The minimum Gasteiger partial charge on any atom is -0.356 e. The van der Waals surface area contributed by atoms with E-state index in [1.54, 1.807) is 0 Å². The van der Waals surface area contributed by atoms with Crippen LogP contribution < -0.4 is 5.32 Å². The predicted molar refractivity (Wildman–Crippen MR) is 99.6 cm³/mol. The molecule has 0 saturated carbocycles. The summed E-state index contributed by atoms with van der Waals surface area (Å²) in [5, 5.41) is 3.05. The number of carbonyl (C=O) groups is 1. The van der Waals surface area contributed by atoms with Crippen molar-refractivity contribution in [3.63, 3.8) is 0 Å². The number of carbonyl (C=O) groups excluding carboxylic acids is 1. The van der Waals surface area contributed by atoms with Gasteiger partial charge < -0.3 is 5.32 Å². The highest BCUT2D eigenvalue weighted by Crippen LogP contribution is 2.09. The number of aryl methyl sites for hydroxylation is 1. The smallest absolute Gasteiger partial charge is 0.219 e. The van der Waals surface area contributed by atoms with Crippen molar-refractivity contribution >= 4 is 5.91 Å². The highest BCUT2D eigenvalue weighted by atomic mass is 16.1. The largest absolute Gasteiger partial charge is 0.356 e.